The molecule has 3 rings (SSSR count). The monoisotopic (exact) mass is 475 g/mol. The Bertz CT molecular complexity index is 1240. The number of benzene rings is 2. The molecule has 10 heteroatoms. The first-order valence-corrected chi connectivity index (χ1v) is 11.3. The molecule has 0 saturated heterocycles. The van der Waals surface area contributed by atoms with Crippen LogP contribution < -0.4 is 4.31 Å². The lowest BCUT2D eigenvalue weighted by atomic mass is 10.00. The van der Waals surface area contributed by atoms with E-state index in [4.69, 9.17) is 16.3 Å². The van der Waals surface area contributed by atoms with Crippen molar-refractivity contribution in [1.29, 1.82) is 0 Å². The van der Waals surface area contributed by atoms with E-state index in [-0.39, 0.29) is 28.3 Å². The second-order valence-electron chi connectivity index (χ2n) is 6.93. The van der Waals surface area contributed by atoms with Crippen molar-refractivity contribution >= 4 is 33.5 Å². The molecule has 0 aliphatic carbocycles. The van der Waals surface area contributed by atoms with E-state index in [9.17, 15) is 13.2 Å². The average molecular weight is 476 g/mol. The first-order valence-electron chi connectivity index (χ1n) is 9.50. The maximum atomic E-state index is 13.4. The molecule has 0 atom stereocenters. The van der Waals surface area contributed by atoms with Gasteiger partial charge in [-0.1, -0.05) is 35.9 Å². The van der Waals surface area contributed by atoms with E-state index in [0.717, 1.165) is 21.0 Å². The summed E-state index contributed by atoms with van der Waals surface area (Å²) in [6, 6.07) is 12.9. The average Bonchev–Trinajstić information content (AvgIpc) is 2.76. The number of anilines is 1. The Morgan fingerprint density at radius 1 is 1.03 bits per heavy atom. The summed E-state index contributed by atoms with van der Waals surface area (Å²) in [6.45, 7) is 3.50. The van der Waals surface area contributed by atoms with Crippen LogP contribution in [0.4, 0.5) is 5.95 Å². The minimum atomic E-state index is -4.20. The Morgan fingerprint density at radius 3 is 2.31 bits per heavy atom. The van der Waals surface area contributed by atoms with Gasteiger partial charge in [0.1, 0.15) is 11.9 Å². The molecule has 0 aliphatic rings. The Kier molecular flexibility index (Phi) is 7.12. The highest BCUT2D eigenvalue weighted by Gasteiger charge is 2.29. The summed E-state index contributed by atoms with van der Waals surface area (Å²) in [7, 11) is -1.63. The lowest BCUT2D eigenvalue weighted by molar-refractivity contribution is 0.0600. The van der Waals surface area contributed by atoms with Crippen LogP contribution in [0.5, 0.6) is 0 Å². The van der Waals surface area contributed by atoms with E-state index in [1.807, 2.05) is 32.0 Å². The Morgan fingerprint density at radius 2 is 1.69 bits per heavy atom. The van der Waals surface area contributed by atoms with Crippen molar-refractivity contribution in [2.24, 2.45) is 0 Å². The SMILES string of the molecule is COCN(c1nc(Cl)cc(-c2c(C)cccc2C)n1)S(=O)(=O)c1cccc(C(=O)OC)c1. The molecule has 1 heterocycles. The number of aryl methyl sites for hydroxylation is 2. The molecule has 0 saturated carbocycles. The first kappa shape index (κ1) is 23.6. The van der Waals surface area contributed by atoms with Gasteiger partial charge in [-0.3, -0.25) is 0 Å². The minimum absolute atomic E-state index is 0.0762. The molecule has 0 amide bonds. The predicted molar refractivity (Wildman–Crippen MR) is 121 cm³/mol. The summed E-state index contributed by atoms with van der Waals surface area (Å²) >= 11 is 6.26. The van der Waals surface area contributed by atoms with Gasteiger partial charge in [0, 0.05) is 18.7 Å². The molecule has 1 aromatic heterocycles. The lowest BCUT2D eigenvalue weighted by Gasteiger charge is -2.22. The van der Waals surface area contributed by atoms with Crippen LogP contribution in [0.3, 0.4) is 0 Å². The fourth-order valence-electron chi connectivity index (χ4n) is 3.24. The number of ether oxygens (including phenoxy) is 2. The van der Waals surface area contributed by atoms with E-state index < -0.39 is 16.0 Å². The highest BCUT2D eigenvalue weighted by atomic mass is 35.5. The lowest BCUT2D eigenvalue weighted by Crippen LogP contribution is -2.34. The van der Waals surface area contributed by atoms with Crippen molar-refractivity contribution in [3.63, 3.8) is 0 Å². The van der Waals surface area contributed by atoms with E-state index in [2.05, 4.69) is 14.7 Å². The predicted octanol–water partition coefficient (Wildman–Crippen LogP) is 4.00. The van der Waals surface area contributed by atoms with Gasteiger partial charge in [0.05, 0.1) is 23.3 Å². The largest absolute Gasteiger partial charge is 0.465 e. The molecule has 0 aliphatic heterocycles. The van der Waals surface area contributed by atoms with Crippen LogP contribution in [0, 0.1) is 13.8 Å². The zero-order chi connectivity index (χ0) is 23.5. The molecule has 8 nitrogen and oxygen atoms in total. The van der Waals surface area contributed by atoms with Gasteiger partial charge in [-0.15, -0.1) is 0 Å². The standard InChI is InChI=1S/C22H22ClN3O5S/c1-14-7-5-8-15(2)20(14)18-12-19(23)25-22(24-18)26(13-30-3)32(28,29)17-10-6-9-16(11-17)21(27)31-4/h5-12H,13H2,1-4H3. The van der Waals surface area contributed by atoms with Gasteiger partial charge in [0.15, 0.2) is 0 Å². The van der Waals surface area contributed by atoms with E-state index in [1.54, 1.807) is 6.07 Å². The van der Waals surface area contributed by atoms with Gasteiger partial charge in [-0.05, 0) is 43.2 Å². The van der Waals surface area contributed by atoms with E-state index >= 15 is 0 Å². The summed E-state index contributed by atoms with van der Waals surface area (Å²) in [5.74, 6) is -0.808. The Hall–Kier alpha value is -3.01. The number of carbonyl (C=O) groups excluding carboxylic acids is 1. The highest BCUT2D eigenvalue weighted by Crippen LogP contribution is 2.30. The summed E-state index contributed by atoms with van der Waals surface area (Å²) in [6.07, 6.45) is 0. The van der Waals surface area contributed by atoms with Crippen LogP contribution in [0.2, 0.25) is 5.15 Å². The molecule has 3 aromatic rings. The number of esters is 1. The number of hydrogen-bond donors (Lipinski definition) is 0. The molecular formula is C22H22ClN3O5S. The van der Waals surface area contributed by atoms with Crippen LogP contribution in [0.1, 0.15) is 21.5 Å². The molecule has 32 heavy (non-hydrogen) atoms. The third kappa shape index (κ3) is 4.74. The smallest absolute Gasteiger partial charge is 0.337 e. The topological polar surface area (TPSA) is 98.7 Å². The van der Waals surface area contributed by atoms with Crippen LogP contribution in [-0.2, 0) is 19.5 Å². The maximum absolute atomic E-state index is 13.4. The molecule has 0 bridgehead atoms. The normalized spacial score (nSPS) is 11.3. The van der Waals surface area contributed by atoms with E-state index in [0.29, 0.717) is 5.69 Å². The van der Waals surface area contributed by atoms with Crippen molar-refractivity contribution < 1.29 is 22.7 Å². The molecule has 0 radical (unpaired) electrons. The quantitative estimate of drug-likeness (QED) is 0.289. The van der Waals surface area contributed by atoms with Gasteiger partial charge in [0.25, 0.3) is 10.0 Å². The Balaban J connectivity index is 2.15. The van der Waals surface area contributed by atoms with Gasteiger partial charge >= 0.3 is 5.97 Å². The van der Waals surface area contributed by atoms with Crippen molar-refractivity contribution in [2.75, 3.05) is 25.3 Å². The maximum Gasteiger partial charge on any atom is 0.337 e. The number of nitrogens with zero attached hydrogens (tertiary/aromatic N) is 3. The van der Waals surface area contributed by atoms with Crippen LogP contribution >= 0.6 is 11.6 Å². The van der Waals surface area contributed by atoms with Gasteiger partial charge < -0.3 is 9.47 Å². The second kappa shape index (κ2) is 9.64. The number of carbonyl (C=O) groups is 1. The number of rotatable bonds is 7. The van der Waals surface area contributed by atoms with Crippen molar-refractivity contribution in [3.05, 3.63) is 70.4 Å². The van der Waals surface area contributed by atoms with Crippen LogP contribution in [0.15, 0.2) is 53.4 Å². The molecule has 168 valence electrons. The molecule has 0 fully saturated rings. The fraction of sp³-hybridized carbons (Fsp3) is 0.227. The number of aromatic nitrogens is 2. The molecule has 2 aromatic carbocycles. The van der Waals surface area contributed by atoms with Gasteiger partial charge in [-0.25, -0.2) is 27.5 Å². The zero-order valence-electron chi connectivity index (χ0n) is 18.0. The molecule has 0 unspecified atom stereocenters. The Labute approximate surface area is 191 Å². The number of methoxy groups -OCH3 is 2. The second-order valence-corrected chi connectivity index (χ2v) is 9.18. The zero-order valence-corrected chi connectivity index (χ0v) is 19.6. The van der Waals surface area contributed by atoms with E-state index in [1.165, 1.54) is 38.5 Å². The molecule has 0 spiro atoms. The van der Waals surface area contributed by atoms with Crippen molar-refractivity contribution in [2.45, 2.75) is 18.7 Å². The van der Waals surface area contributed by atoms with Crippen molar-refractivity contribution in [3.8, 4) is 11.3 Å². The minimum Gasteiger partial charge on any atom is -0.465 e. The van der Waals surface area contributed by atoms with Crippen LogP contribution in [-0.4, -0.2) is 45.3 Å². The van der Waals surface area contributed by atoms with Crippen molar-refractivity contribution in [1.82, 2.24) is 9.97 Å². The molecular weight excluding hydrogens is 454 g/mol. The number of sulfonamides is 1. The summed E-state index contributed by atoms with van der Waals surface area (Å²) < 4.78 is 37.6. The molecule has 0 N–H and O–H groups in total. The van der Waals surface area contributed by atoms with Gasteiger partial charge in [0.2, 0.25) is 5.95 Å². The number of halogens is 1. The summed E-state index contributed by atoms with van der Waals surface area (Å²) in [5.41, 5.74) is 3.32. The summed E-state index contributed by atoms with van der Waals surface area (Å²) in [5, 5.41) is 0.0762. The van der Waals surface area contributed by atoms with Gasteiger partial charge in [-0.2, -0.15) is 0 Å². The summed E-state index contributed by atoms with van der Waals surface area (Å²) in [4.78, 5) is 20.3. The van der Waals surface area contributed by atoms with Crippen LogP contribution in [0.25, 0.3) is 11.3 Å². The number of hydrogen-bond acceptors (Lipinski definition) is 7. The third-order valence-electron chi connectivity index (χ3n) is 4.73. The highest BCUT2D eigenvalue weighted by molar-refractivity contribution is 7.92. The first-order chi connectivity index (χ1) is 15.2. The third-order valence-corrected chi connectivity index (χ3v) is 6.63. The fourth-order valence-corrected chi connectivity index (χ4v) is 4.74.